The van der Waals surface area contributed by atoms with Crippen molar-refractivity contribution in [2.24, 2.45) is 0 Å². The lowest BCUT2D eigenvalue weighted by Crippen LogP contribution is -2.10. The van der Waals surface area contributed by atoms with Crippen LogP contribution in [0.4, 0.5) is 0 Å². The Morgan fingerprint density at radius 3 is 1.69 bits per heavy atom. The normalized spacial score (nSPS) is 10.6. The Kier molecular flexibility index (Phi) is 7.92. The Bertz CT molecular complexity index is 1270. The fourth-order valence-corrected chi connectivity index (χ4v) is 3.49. The van der Waals surface area contributed by atoms with Crippen LogP contribution in [0.2, 0.25) is 0 Å². The summed E-state index contributed by atoms with van der Waals surface area (Å²) in [6.45, 7) is 14.8. The van der Waals surface area contributed by atoms with Crippen molar-refractivity contribution in [1.29, 1.82) is 0 Å². The molecule has 0 unspecified atom stereocenters. The van der Waals surface area contributed by atoms with Crippen molar-refractivity contribution < 1.29 is 23.8 Å². The summed E-state index contributed by atoms with van der Waals surface area (Å²) < 4.78 is 16.4. The minimum absolute atomic E-state index is 0.189. The zero-order valence-corrected chi connectivity index (χ0v) is 20.8. The maximum absolute atomic E-state index is 12.5. The number of hydrogen-bond donors (Lipinski definition) is 0. The third-order valence-corrected chi connectivity index (χ3v) is 5.45. The minimum Gasteiger partial charge on any atom is -0.497 e. The molecule has 0 fully saturated rings. The molecular weight excluding hydrogens is 440 g/mol. The highest BCUT2D eigenvalue weighted by Gasteiger charge is 2.19. The summed E-state index contributed by atoms with van der Waals surface area (Å²) in [6, 6.07) is 18.7. The minimum atomic E-state index is -0.495. The lowest BCUT2D eigenvalue weighted by molar-refractivity contribution is -0.130. The van der Waals surface area contributed by atoms with Crippen LogP contribution < -0.4 is 14.2 Å². The number of benzene rings is 3. The van der Waals surface area contributed by atoms with Crippen molar-refractivity contribution >= 4 is 11.9 Å². The second kappa shape index (κ2) is 10.9. The van der Waals surface area contributed by atoms with Gasteiger partial charge in [0.1, 0.15) is 17.2 Å². The molecule has 3 aromatic rings. The molecule has 0 aromatic heterocycles. The summed E-state index contributed by atoms with van der Waals surface area (Å²) in [4.78, 5) is 24.3. The maximum Gasteiger partial charge on any atom is 0.338 e. The van der Waals surface area contributed by atoms with E-state index in [1.54, 1.807) is 33.1 Å². The molecule has 5 nitrogen and oxygen atoms in total. The summed E-state index contributed by atoms with van der Waals surface area (Å²) in [5.74, 6) is 0.816. The molecule has 0 atom stereocenters. The molecule has 5 heteroatoms. The molecule has 0 radical (unpaired) electrons. The molecule has 0 aliphatic rings. The molecule has 35 heavy (non-hydrogen) atoms. The molecule has 0 bridgehead atoms. The highest BCUT2D eigenvalue weighted by molar-refractivity contribution is 5.91. The number of rotatable bonds is 8. The molecule has 180 valence electrons. The summed E-state index contributed by atoms with van der Waals surface area (Å²) in [7, 11) is 1.62. The lowest BCUT2D eigenvalue weighted by atomic mass is 9.88. The van der Waals surface area contributed by atoms with E-state index < -0.39 is 11.9 Å². The summed E-state index contributed by atoms with van der Waals surface area (Å²) in [5, 5.41) is 0. The molecule has 0 aliphatic carbocycles. The second-order valence-electron chi connectivity index (χ2n) is 8.68. The van der Waals surface area contributed by atoms with E-state index in [1.165, 1.54) is 0 Å². The molecule has 0 saturated carbocycles. The summed E-state index contributed by atoms with van der Waals surface area (Å²) >= 11 is 0. The van der Waals surface area contributed by atoms with Gasteiger partial charge in [-0.25, -0.2) is 9.59 Å². The average Bonchev–Trinajstić information content (AvgIpc) is 2.84. The van der Waals surface area contributed by atoms with Crippen molar-refractivity contribution in [3.63, 3.8) is 0 Å². The first-order valence-electron chi connectivity index (χ1n) is 11.3. The Labute approximate surface area is 206 Å². The van der Waals surface area contributed by atoms with E-state index in [0.717, 1.165) is 33.6 Å². The van der Waals surface area contributed by atoms with Crippen molar-refractivity contribution in [2.75, 3.05) is 7.11 Å². The molecule has 0 aliphatic heterocycles. The third-order valence-electron chi connectivity index (χ3n) is 5.45. The molecule has 0 heterocycles. The van der Waals surface area contributed by atoms with Gasteiger partial charge in [-0.2, -0.15) is 0 Å². The summed E-state index contributed by atoms with van der Waals surface area (Å²) in [5.41, 5.74) is 5.22. The number of methoxy groups -OCH3 is 1. The SMILES string of the molecule is C=C(C)C(=O)Oc1ccc(-c2cc(OC(=O)C(=C)C)c(-c3ccc(OC)cc3)cc2C(C)C)cc1. The van der Waals surface area contributed by atoms with Gasteiger partial charge in [0, 0.05) is 16.7 Å². The average molecular weight is 471 g/mol. The Balaban J connectivity index is 2.13. The van der Waals surface area contributed by atoms with Gasteiger partial charge in [-0.1, -0.05) is 51.3 Å². The smallest absolute Gasteiger partial charge is 0.338 e. The van der Waals surface area contributed by atoms with E-state index in [9.17, 15) is 9.59 Å². The molecule has 3 aromatic carbocycles. The van der Waals surface area contributed by atoms with Gasteiger partial charge in [-0.3, -0.25) is 0 Å². The quantitative estimate of drug-likeness (QED) is 0.199. The van der Waals surface area contributed by atoms with Crippen LogP contribution in [0.5, 0.6) is 17.2 Å². The van der Waals surface area contributed by atoms with Gasteiger partial charge in [0.15, 0.2) is 0 Å². The lowest BCUT2D eigenvalue weighted by Gasteiger charge is -2.19. The van der Waals surface area contributed by atoms with Crippen LogP contribution in [-0.4, -0.2) is 19.0 Å². The first-order chi connectivity index (χ1) is 16.6. The number of esters is 2. The Morgan fingerprint density at radius 2 is 1.20 bits per heavy atom. The van der Waals surface area contributed by atoms with Crippen LogP contribution in [-0.2, 0) is 9.59 Å². The molecular formula is C30H30O5. The van der Waals surface area contributed by atoms with Gasteiger partial charge < -0.3 is 14.2 Å². The van der Waals surface area contributed by atoms with E-state index >= 15 is 0 Å². The predicted octanol–water partition coefficient (Wildman–Crippen LogP) is 7.12. The van der Waals surface area contributed by atoms with Crippen molar-refractivity contribution in [3.05, 3.63) is 90.5 Å². The number of hydrogen-bond acceptors (Lipinski definition) is 5. The highest BCUT2D eigenvalue weighted by atomic mass is 16.5. The van der Waals surface area contributed by atoms with Gasteiger partial charge in [-0.15, -0.1) is 0 Å². The second-order valence-corrected chi connectivity index (χ2v) is 8.68. The fourth-order valence-electron chi connectivity index (χ4n) is 3.49. The van der Waals surface area contributed by atoms with E-state index in [4.69, 9.17) is 14.2 Å². The third kappa shape index (κ3) is 6.07. The molecule has 0 amide bonds. The highest BCUT2D eigenvalue weighted by Crippen LogP contribution is 2.41. The van der Waals surface area contributed by atoms with Crippen LogP contribution in [0.25, 0.3) is 22.3 Å². The first kappa shape index (κ1) is 25.5. The van der Waals surface area contributed by atoms with Gasteiger partial charge >= 0.3 is 11.9 Å². The Morgan fingerprint density at radius 1 is 0.714 bits per heavy atom. The fraction of sp³-hybridized carbons (Fsp3) is 0.200. The monoisotopic (exact) mass is 470 g/mol. The number of ether oxygens (including phenoxy) is 3. The first-order valence-corrected chi connectivity index (χ1v) is 11.3. The topological polar surface area (TPSA) is 61.8 Å². The summed E-state index contributed by atoms with van der Waals surface area (Å²) in [6.07, 6.45) is 0. The van der Waals surface area contributed by atoms with E-state index in [-0.39, 0.29) is 5.92 Å². The van der Waals surface area contributed by atoms with Crippen molar-refractivity contribution in [2.45, 2.75) is 33.6 Å². The van der Waals surface area contributed by atoms with Gasteiger partial charge in [0.05, 0.1) is 7.11 Å². The van der Waals surface area contributed by atoms with E-state index in [0.29, 0.717) is 22.6 Å². The number of carbonyl (C=O) groups excluding carboxylic acids is 2. The maximum atomic E-state index is 12.5. The van der Waals surface area contributed by atoms with E-state index in [2.05, 4.69) is 33.1 Å². The van der Waals surface area contributed by atoms with Crippen LogP contribution in [0.1, 0.15) is 39.2 Å². The van der Waals surface area contributed by atoms with Gasteiger partial charge in [0.2, 0.25) is 0 Å². The standard InChI is InChI=1S/C30H30O5/c1-18(2)25-16-27(22-8-12-23(33-7)13-9-22)28(35-30(32)20(5)6)17-26(25)21-10-14-24(15-11-21)34-29(31)19(3)4/h8-18H,3,5H2,1-2,4,6-7H3. The molecule has 0 saturated heterocycles. The van der Waals surface area contributed by atoms with Crippen LogP contribution >= 0.6 is 0 Å². The van der Waals surface area contributed by atoms with Gasteiger partial charge in [0.25, 0.3) is 0 Å². The van der Waals surface area contributed by atoms with Crippen LogP contribution in [0, 0.1) is 0 Å². The van der Waals surface area contributed by atoms with Crippen molar-refractivity contribution in [1.82, 2.24) is 0 Å². The van der Waals surface area contributed by atoms with Crippen LogP contribution in [0.3, 0.4) is 0 Å². The van der Waals surface area contributed by atoms with Crippen LogP contribution in [0.15, 0.2) is 85.0 Å². The molecule has 3 rings (SSSR count). The van der Waals surface area contributed by atoms with Gasteiger partial charge in [-0.05, 0) is 78.4 Å². The number of carbonyl (C=O) groups is 2. The largest absolute Gasteiger partial charge is 0.497 e. The van der Waals surface area contributed by atoms with Crippen molar-refractivity contribution in [3.8, 4) is 39.5 Å². The predicted molar refractivity (Wildman–Crippen MR) is 139 cm³/mol. The Hall–Kier alpha value is -4.12. The zero-order chi connectivity index (χ0) is 25.7. The van der Waals surface area contributed by atoms with E-state index in [1.807, 2.05) is 42.5 Å². The zero-order valence-electron chi connectivity index (χ0n) is 20.8. The molecule has 0 N–H and O–H groups in total. The molecule has 0 spiro atoms.